The van der Waals surface area contributed by atoms with Crippen molar-refractivity contribution in [1.82, 2.24) is 25.1 Å². The second-order valence-corrected chi connectivity index (χ2v) is 7.49. The number of nitriles is 1. The first kappa shape index (κ1) is 20.7. The number of fused-ring (bicyclic) bond motifs is 1. The van der Waals surface area contributed by atoms with Crippen molar-refractivity contribution in [3.8, 4) is 11.8 Å². The number of hydrogen-bond donors (Lipinski definition) is 1. The van der Waals surface area contributed by atoms with Gasteiger partial charge < -0.3 is 15.0 Å². The van der Waals surface area contributed by atoms with E-state index in [-0.39, 0.29) is 24.3 Å². The summed E-state index contributed by atoms with van der Waals surface area (Å²) in [6.07, 6.45) is 1.64. The molecule has 31 heavy (non-hydrogen) atoms. The van der Waals surface area contributed by atoms with E-state index in [1.165, 1.54) is 4.68 Å². The van der Waals surface area contributed by atoms with Gasteiger partial charge in [0.2, 0.25) is 11.1 Å². The Kier molecular flexibility index (Phi) is 5.79. The van der Waals surface area contributed by atoms with Crippen molar-refractivity contribution in [2.45, 2.75) is 12.6 Å². The Morgan fingerprint density at radius 1 is 1.42 bits per heavy atom. The van der Waals surface area contributed by atoms with Crippen LogP contribution in [0.4, 0.5) is 5.82 Å². The number of hydrogen-bond acceptors (Lipinski definition) is 7. The second kappa shape index (κ2) is 8.67. The quantitative estimate of drug-likeness (QED) is 0.599. The highest BCUT2D eigenvalue weighted by atomic mass is 35.5. The molecule has 11 heteroatoms. The Balaban J connectivity index is 1.49. The molecule has 3 heterocycles. The zero-order valence-electron chi connectivity index (χ0n) is 16.3. The first-order valence-corrected chi connectivity index (χ1v) is 10.0. The zero-order chi connectivity index (χ0) is 22.0. The van der Waals surface area contributed by atoms with Crippen LogP contribution < -0.4 is 15.0 Å². The lowest BCUT2D eigenvalue weighted by Crippen LogP contribution is -2.48. The smallest absolute Gasteiger partial charge is 0.291 e. The maximum Gasteiger partial charge on any atom is 0.291 e. The molecule has 0 saturated heterocycles. The molecule has 3 aromatic rings. The number of pyridine rings is 1. The molecule has 0 saturated carbocycles. The maximum absolute atomic E-state index is 12.8. The van der Waals surface area contributed by atoms with Crippen LogP contribution in [-0.4, -0.2) is 50.3 Å². The number of nitrogens with zero attached hydrogens (tertiary/aromatic N) is 6. The van der Waals surface area contributed by atoms with E-state index in [1.54, 1.807) is 48.5 Å². The Morgan fingerprint density at radius 2 is 2.26 bits per heavy atom. The topological polar surface area (TPSA) is 109 Å². The number of likely N-dealkylation sites (N-methyl/N-ethyl adjacent to an activating group) is 1. The number of anilines is 1. The fourth-order valence-corrected chi connectivity index (χ4v) is 3.48. The highest BCUT2D eigenvalue weighted by molar-refractivity contribution is 7.80. The number of carbonyl (C=O) groups excluding carboxylic acids is 1. The summed E-state index contributed by atoms with van der Waals surface area (Å²) in [5.74, 6) is 0.532. The molecule has 1 aromatic carbocycles. The summed E-state index contributed by atoms with van der Waals surface area (Å²) in [6, 6.07) is 12.1. The molecule has 1 amide bonds. The molecule has 0 radical (unpaired) electrons. The van der Waals surface area contributed by atoms with Gasteiger partial charge in [0.25, 0.3) is 5.91 Å². The van der Waals surface area contributed by atoms with E-state index >= 15 is 0 Å². The molecule has 0 fully saturated rings. The Hall–Kier alpha value is -3.55. The number of carbonyl (C=O) groups is 1. The van der Waals surface area contributed by atoms with Gasteiger partial charge in [0, 0.05) is 13.2 Å². The summed E-state index contributed by atoms with van der Waals surface area (Å²) in [5.41, 5.74) is 1.33. The molecule has 1 aliphatic heterocycles. The molecule has 1 N–H and O–H groups in total. The molecule has 1 unspecified atom stereocenters. The minimum Gasteiger partial charge on any atom is -0.487 e. The lowest BCUT2D eigenvalue weighted by atomic mass is 10.1. The third kappa shape index (κ3) is 4.33. The van der Waals surface area contributed by atoms with Crippen LogP contribution in [0.25, 0.3) is 0 Å². The van der Waals surface area contributed by atoms with E-state index < -0.39 is 11.9 Å². The molecule has 0 aliphatic carbocycles. The Labute approximate surface area is 188 Å². The summed E-state index contributed by atoms with van der Waals surface area (Å²) in [7, 11) is 1.77. The molecule has 9 nitrogen and oxygen atoms in total. The Morgan fingerprint density at radius 3 is 3.06 bits per heavy atom. The molecule has 156 valence electrons. The summed E-state index contributed by atoms with van der Waals surface area (Å²) in [5, 5.41) is 16.1. The van der Waals surface area contributed by atoms with Crippen molar-refractivity contribution in [2.75, 3.05) is 18.6 Å². The minimum atomic E-state index is -0.584. The standard InChI is InChI=1S/C20H16ClN7O2S/c1-27-17-15(6-3-7-23-17)30-11-14(19(27)31)24-18(29)16-25-20(21)28(26-16)10-13-5-2-4-12(8-13)9-22/h2-8,14H,10-11H2,1H3,(H,24,29). The van der Waals surface area contributed by atoms with Gasteiger partial charge in [-0.3, -0.25) is 4.79 Å². The van der Waals surface area contributed by atoms with Crippen molar-refractivity contribution < 1.29 is 9.53 Å². The first-order valence-electron chi connectivity index (χ1n) is 9.22. The molecular weight excluding hydrogens is 438 g/mol. The van der Waals surface area contributed by atoms with E-state index in [2.05, 4.69) is 26.5 Å². The van der Waals surface area contributed by atoms with Crippen LogP contribution in [0.15, 0.2) is 42.6 Å². The molecule has 0 bridgehead atoms. The molecule has 1 aliphatic rings. The van der Waals surface area contributed by atoms with Crippen LogP contribution in [0, 0.1) is 11.3 Å². The van der Waals surface area contributed by atoms with Crippen LogP contribution in [0.1, 0.15) is 21.7 Å². The lowest BCUT2D eigenvalue weighted by molar-refractivity contribution is 0.0927. The monoisotopic (exact) mass is 453 g/mol. The van der Waals surface area contributed by atoms with Crippen LogP contribution in [-0.2, 0) is 6.54 Å². The van der Waals surface area contributed by atoms with E-state index in [4.69, 9.17) is 33.8 Å². The number of rotatable bonds is 4. The zero-order valence-corrected chi connectivity index (χ0v) is 17.9. The van der Waals surface area contributed by atoms with Gasteiger partial charge in [0.15, 0.2) is 11.6 Å². The lowest BCUT2D eigenvalue weighted by Gasteiger charge is -2.22. The fraction of sp³-hybridized carbons (Fsp3) is 0.200. The number of aromatic nitrogens is 4. The summed E-state index contributed by atoms with van der Waals surface area (Å²) in [4.78, 5) is 23.3. The number of thiocarbonyl (C=S) groups is 1. The predicted molar refractivity (Wildman–Crippen MR) is 117 cm³/mol. The summed E-state index contributed by atoms with van der Waals surface area (Å²) >= 11 is 11.7. The largest absolute Gasteiger partial charge is 0.487 e. The SMILES string of the molecule is CN1C(=S)C(NC(=O)c2nc(Cl)n(Cc3cccc(C#N)c3)n2)COc2cccnc21. The van der Waals surface area contributed by atoms with E-state index in [9.17, 15) is 4.79 Å². The van der Waals surface area contributed by atoms with Crippen molar-refractivity contribution in [3.63, 3.8) is 0 Å². The maximum atomic E-state index is 12.8. The number of benzene rings is 1. The Bertz CT molecular complexity index is 1210. The second-order valence-electron chi connectivity index (χ2n) is 6.73. The fourth-order valence-electron chi connectivity index (χ4n) is 3.09. The van der Waals surface area contributed by atoms with Crippen LogP contribution in [0.2, 0.25) is 5.28 Å². The van der Waals surface area contributed by atoms with E-state index in [0.717, 1.165) is 5.56 Å². The molecule has 1 atom stereocenters. The van der Waals surface area contributed by atoms with Crippen molar-refractivity contribution in [1.29, 1.82) is 5.26 Å². The average molecular weight is 454 g/mol. The predicted octanol–water partition coefficient (Wildman–Crippen LogP) is 2.20. The molecule has 4 rings (SSSR count). The minimum absolute atomic E-state index is 0.0564. The summed E-state index contributed by atoms with van der Waals surface area (Å²) < 4.78 is 7.15. The van der Waals surface area contributed by atoms with Gasteiger partial charge in [-0.15, -0.1) is 5.10 Å². The van der Waals surface area contributed by atoms with Gasteiger partial charge in [-0.05, 0) is 41.4 Å². The summed E-state index contributed by atoms with van der Waals surface area (Å²) in [6.45, 7) is 0.409. The molecule has 0 spiro atoms. The van der Waals surface area contributed by atoms with E-state index in [1.807, 2.05) is 6.07 Å². The first-order chi connectivity index (χ1) is 15.0. The third-order valence-corrected chi connectivity index (χ3v) is 5.46. The van der Waals surface area contributed by atoms with Gasteiger partial charge in [-0.2, -0.15) is 10.2 Å². The third-order valence-electron chi connectivity index (χ3n) is 4.63. The highest BCUT2D eigenvalue weighted by Gasteiger charge is 2.29. The highest BCUT2D eigenvalue weighted by Crippen LogP contribution is 2.27. The van der Waals surface area contributed by atoms with Gasteiger partial charge in [0.1, 0.15) is 17.6 Å². The van der Waals surface area contributed by atoms with Gasteiger partial charge >= 0.3 is 0 Å². The van der Waals surface area contributed by atoms with Crippen molar-refractivity contribution in [2.24, 2.45) is 0 Å². The van der Waals surface area contributed by atoms with Crippen LogP contribution in [0.3, 0.4) is 0 Å². The van der Waals surface area contributed by atoms with Gasteiger partial charge in [-0.25, -0.2) is 9.67 Å². The number of halogens is 1. The van der Waals surface area contributed by atoms with E-state index in [0.29, 0.717) is 22.1 Å². The molecular formula is C20H16ClN7O2S. The number of ether oxygens (including phenoxy) is 1. The normalized spacial score (nSPS) is 15.5. The van der Waals surface area contributed by atoms with Gasteiger partial charge in [0.05, 0.1) is 18.2 Å². The van der Waals surface area contributed by atoms with Crippen LogP contribution >= 0.6 is 23.8 Å². The van der Waals surface area contributed by atoms with Crippen LogP contribution in [0.5, 0.6) is 5.75 Å². The average Bonchev–Trinajstić information content (AvgIpc) is 3.10. The number of amides is 1. The van der Waals surface area contributed by atoms with Gasteiger partial charge in [-0.1, -0.05) is 24.4 Å². The van der Waals surface area contributed by atoms with Crippen molar-refractivity contribution >= 4 is 40.5 Å². The van der Waals surface area contributed by atoms with Crippen molar-refractivity contribution in [3.05, 3.63) is 64.8 Å². The number of nitrogens with one attached hydrogen (secondary N) is 1. The molecule has 2 aromatic heterocycles.